The molecule has 0 amide bonds. The molecule has 1 aromatic carbocycles. The summed E-state index contributed by atoms with van der Waals surface area (Å²) in [4.78, 5) is 0. The monoisotopic (exact) mass is 397 g/mol. The van der Waals surface area contributed by atoms with Crippen LogP contribution in [0.2, 0.25) is 10.0 Å². The van der Waals surface area contributed by atoms with Gasteiger partial charge in [-0.3, -0.25) is 0 Å². The maximum absolute atomic E-state index is 7.68. The van der Waals surface area contributed by atoms with Gasteiger partial charge in [-0.1, -0.05) is 120 Å². The molecular formula is C23H37Cl2N. The van der Waals surface area contributed by atoms with E-state index in [9.17, 15) is 0 Å². The lowest BCUT2D eigenvalue weighted by molar-refractivity contribution is 0.533. The Hall–Kier alpha value is -0.530. The van der Waals surface area contributed by atoms with E-state index in [1.807, 2.05) is 18.2 Å². The summed E-state index contributed by atoms with van der Waals surface area (Å²) in [5, 5.41) is 8.85. The number of hydrogen-bond acceptors (Lipinski definition) is 1. The van der Waals surface area contributed by atoms with Gasteiger partial charge in [0.2, 0.25) is 0 Å². The van der Waals surface area contributed by atoms with E-state index in [-0.39, 0.29) is 5.92 Å². The van der Waals surface area contributed by atoms with E-state index in [0.717, 1.165) is 12.0 Å². The van der Waals surface area contributed by atoms with Gasteiger partial charge in [-0.15, -0.1) is 0 Å². The summed E-state index contributed by atoms with van der Waals surface area (Å²) in [7, 11) is 0. The molecule has 3 heteroatoms. The van der Waals surface area contributed by atoms with Gasteiger partial charge in [-0.2, -0.15) is 0 Å². The number of unbranched alkanes of at least 4 members (excludes halogenated alkanes) is 12. The Morgan fingerprint density at radius 1 is 0.769 bits per heavy atom. The molecule has 1 rings (SSSR count). The van der Waals surface area contributed by atoms with Crippen LogP contribution in [0.1, 0.15) is 108 Å². The molecule has 0 heterocycles. The molecule has 148 valence electrons. The lowest BCUT2D eigenvalue weighted by Gasteiger charge is -2.13. The van der Waals surface area contributed by atoms with Crippen molar-refractivity contribution in [2.24, 2.45) is 0 Å². The maximum Gasteiger partial charge on any atom is 0.0595 e. The highest BCUT2D eigenvalue weighted by Crippen LogP contribution is 2.28. The fourth-order valence-electron chi connectivity index (χ4n) is 3.47. The third-order valence-corrected chi connectivity index (χ3v) is 5.93. The second-order valence-electron chi connectivity index (χ2n) is 7.48. The molecule has 26 heavy (non-hydrogen) atoms. The SMILES string of the molecule is CCCCCCCCCCCCCCCC(C=N)c1ccc(Cl)c(Cl)c1. The van der Waals surface area contributed by atoms with Crippen molar-refractivity contribution in [1.29, 1.82) is 5.41 Å². The highest BCUT2D eigenvalue weighted by atomic mass is 35.5. The zero-order valence-electron chi connectivity index (χ0n) is 16.5. The van der Waals surface area contributed by atoms with Crippen molar-refractivity contribution in [2.75, 3.05) is 0 Å². The third-order valence-electron chi connectivity index (χ3n) is 5.19. The normalized spacial score (nSPS) is 12.3. The number of rotatable bonds is 16. The van der Waals surface area contributed by atoms with E-state index in [4.69, 9.17) is 28.6 Å². The van der Waals surface area contributed by atoms with Crippen molar-refractivity contribution in [3.8, 4) is 0 Å². The van der Waals surface area contributed by atoms with Crippen LogP contribution in [0.3, 0.4) is 0 Å². The Labute approximate surface area is 171 Å². The number of nitrogens with one attached hydrogen (secondary N) is 1. The molecule has 0 saturated heterocycles. The summed E-state index contributed by atoms with van der Waals surface area (Å²) in [6.07, 6.45) is 20.4. The van der Waals surface area contributed by atoms with Crippen molar-refractivity contribution < 1.29 is 0 Å². The van der Waals surface area contributed by atoms with Crippen molar-refractivity contribution in [1.82, 2.24) is 0 Å². The Balaban J connectivity index is 2.00. The third kappa shape index (κ3) is 10.6. The standard InChI is InChI=1S/C23H37Cl2N/c1-2-3-4-5-6-7-8-9-10-11-12-13-14-15-21(19-26)20-16-17-22(24)23(25)18-20/h16-19,21,26H,2-15H2,1H3. The summed E-state index contributed by atoms with van der Waals surface area (Å²) in [6.45, 7) is 2.28. The molecule has 0 radical (unpaired) electrons. The van der Waals surface area contributed by atoms with Gasteiger partial charge in [0.15, 0.2) is 0 Å². The van der Waals surface area contributed by atoms with Crippen LogP contribution < -0.4 is 0 Å². The zero-order chi connectivity index (χ0) is 19.0. The van der Waals surface area contributed by atoms with Crippen LogP contribution in [0.25, 0.3) is 0 Å². The van der Waals surface area contributed by atoms with Crippen LogP contribution in [0.4, 0.5) is 0 Å². The largest absolute Gasteiger partial charge is 0.312 e. The van der Waals surface area contributed by atoms with E-state index < -0.39 is 0 Å². The fourth-order valence-corrected chi connectivity index (χ4v) is 3.78. The van der Waals surface area contributed by atoms with Gasteiger partial charge in [-0.25, -0.2) is 0 Å². The molecule has 0 spiro atoms. The van der Waals surface area contributed by atoms with Gasteiger partial charge in [-0.05, 0) is 24.1 Å². The molecule has 0 aliphatic heterocycles. The topological polar surface area (TPSA) is 23.9 Å². The van der Waals surface area contributed by atoms with Crippen LogP contribution in [0, 0.1) is 5.41 Å². The molecule has 1 unspecified atom stereocenters. The number of halogens is 2. The van der Waals surface area contributed by atoms with Gasteiger partial charge < -0.3 is 5.41 Å². The lowest BCUT2D eigenvalue weighted by atomic mass is 9.94. The minimum atomic E-state index is 0.164. The van der Waals surface area contributed by atoms with Crippen molar-refractivity contribution >= 4 is 29.4 Å². The maximum atomic E-state index is 7.68. The van der Waals surface area contributed by atoms with E-state index >= 15 is 0 Å². The first-order valence-electron chi connectivity index (χ1n) is 10.6. The van der Waals surface area contributed by atoms with Gasteiger partial charge in [0.1, 0.15) is 0 Å². The van der Waals surface area contributed by atoms with Crippen LogP contribution in [-0.2, 0) is 0 Å². The summed E-state index contributed by atoms with van der Waals surface area (Å²) < 4.78 is 0. The van der Waals surface area contributed by atoms with Gasteiger partial charge >= 0.3 is 0 Å². The average molecular weight is 398 g/mol. The summed E-state index contributed by atoms with van der Waals surface area (Å²) in [5.74, 6) is 0.164. The van der Waals surface area contributed by atoms with Crippen molar-refractivity contribution in [3.63, 3.8) is 0 Å². The lowest BCUT2D eigenvalue weighted by Crippen LogP contribution is -2.00. The summed E-state index contributed by atoms with van der Waals surface area (Å²) in [6, 6.07) is 5.73. The highest BCUT2D eigenvalue weighted by Gasteiger charge is 2.10. The Kier molecular flexibility index (Phi) is 14.0. The van der Waals surface area contributed by atoms with Crippen LogP contribution in [0.5, 0.6) is 0 Å². The average Bonchev–Trinajstić information content (AvgIpc) is 2.64. The minimum absolute atomic E-state index is 0.164. The van der Waals surface area contributed by atoms with Gasteiger partial charge in [0.05, 0.1) is 10.0 Å². The molecule has 0 aliphatic rings. The predicted octanol–water partition coefficient (Wildman–Crippen LogP) is 9.21. The van der Waals surface area contributed by atoms with E-state index in [0.29, 0.717) is 10.0 Å². The van der Waals surface area contributed by atoms with E-state index in [1.165, 1.54) is 83.5 Å². The second kappa shape index (κ2) is 15.5. The Bertz CT molecular complexity index is 487. The van der Waals surface area contributed by atoms with Crippen LogP contribution in [0.15, 0.2) is 18.2 Å². The first-order valence-corrected chi connectivity index (χ1v) is 11.4. The first-order chi connectivity index (χ1) is 12.7. The quantitative estimate of drug-likeness (QED) is 0.212. The smallest absolute Gasteiger partial charge is 0.0595 e. The molecule has 0 saturated carbocycles. The highest BCUT2D eigenvalue weighted by molar-refractivity contribution is 6.42. The second-order valence-corrected chi connectivity index (χ2v) is 8.29. The van der Waals surface area contributed by atoms with E-state index in [1.54, 1.807) is 6.21 Å². The fraction of sp³-hybridized carbons (Fsp3) is 0.696. The molecule has 1 aromatic rings. The molecule has 1 nitrogen and oxygen atoms in total. The molecular weight excluding hydrogens is 361 g/mol. The van der Waals surface area contributed by atoms with Gasteiger partial charge in [0.25, 0.3) is 0 Å². The summed E-state index contributed by atoms with van der Waals surface area (Å²) in [5.41, 5.74) is 1.10. The summed E-state index contributed by atoms with van der Waals surface area (Å²) >= 11 is 12.1. The van der Waals surface area contributed by atoms with Crippen molar-refractivity contribution in [3.05, 3.63) is 33.8 Å². The van der Waals surface area contributed by atoms with E-state index in [2.05, 4.69) is 6.92 Å². The molecule has 1 atom stereocenters. The molecule has 0 aromatic heterocycles. The Morgan fingerprint density at radius 3 is 1.73 bits per heavy atom. The van der Waals surface area contributed by atoms with Crippen LogP contribution in [-0.4, -0.2) is 6.21 Å². The Morgan fingerprint density at radius 2 is 1.27 bits per heavy atom. The molecule has 0 fully saturated rings. The van der Waals surface area contributed by atoms with Crippen LogP contribution >= 0.6 is 23.2 Å². The molecule has 1 N–H and O–H groups in total. The first kappa shape index (κ1) is 23.5. The van der Waals surface area contributed by atoms with Crippen molar-refractivity contribution in [2.45, 2.75) is 103 Å². The minimum Gasteiger partial charge on any atom is -0.312 e. The zero-order valence-corrected chi connectivity index (χ0v) is 18.1. The number of benzene rings is 1. The molecule has 0 aliphatic carbocycles. The predicted molar refractivity (Wildman–Crippen MR) is 118 cm³/mol. The molecule has 0 bridgehead atoms. The van der Waals surface area contributed by atoms with Gasteiger partial charge in [0, 0.05) is 12.1 Å². The number of hydrogen-bond donors (Lipinski definition) is 1.